The molecule has 0 aromatic heterocycles. The van der Waals surface area contributed by atoms with Gasteiger partial charge in [-0.2, -0.15) is 0 Å². The minimum absolute atomic E-state index is 0.0844. The van der Waals surface area contributed by atoms with Crippen LogP contribution in [0.15, 0.2) is 54.6 Å². The van der Waals surface area contributed by atoms with Crippen LogP contribution in [-0.4, -0.2) is 19.1 Å². The average molecular weight is 312 g/mol. The Balaban J connectivity index is 2.11. The maximum absolute atomic E-state index is 11.8. The van der Waals surface area contributed by atoms with Crippen LogP contribution < -0.4 is 15.8 Å². The summed E-state index contributed by atoms with van der Waals surface area (Å²) in [4.78, 5) is 11.8. The molecule has 0 radical (unpaired) electrons. The lowest BCUT2D eigenvalue weighted by molar-refractivity contribution is -0.120. The van der Waals surface area contributed by atoms with Crippen molar-refractivity contribution in [2.24, 2.45) is 5.73 Å². The molecule has 2 aromatic rings. The van der Waals surface area contributed by atoms with Crippen LogP contribution in [0.3, 0.4) is 0 Å². The van der Waals surface area contributed by atoms with E-state index in [0.717, 1.165) is 11.3 Å². The van der Waals surface area contributed by atoms with Crippen molar-refractivity contribution < 1.29 is 9.53 Å². The van der Waals surface area contributed by atoms with Crippen molar-refractivity contribution in [3.63, 3.8) is 0 Å². The van der Waals surface area contributed by atoms with Gasteiger partial charge >= 0.3 is 0 Å². The predicted octanol–water partition coefficient (Wildman–Crippen LogP) is 3.00. The summed E-state index contributed by atoms with van der Waals surface area (Å²) in [6.45, 7) is 4.19. The number of carbonyl (C=O) groups excluding carboxylic acids is 1. The fourth-order valence-electron chi connectivity index (χ4n) is 2.59. The SMILES string of the molecule is COc1ccc([C@H](C)[C@@H](C)N[C@@H](C(N)=O)c2ccccc2)cc1. The van der Waals surface area contributed by atoms with Gasteiger partial charge in [-0.15, -0.1) is 0 Å². The minimum Gasteiger partial charge on any atom is -0.497 e. The van der Waals surface area contributed by atoms with E-state index in [9.17, 15) is 4.79 Å². The normalized spacial score (nSPS) is 14.7. The number of hydrogen-bond acceptors (Lipinski definition) is 3. The summed E-state index contributed by atoms with van der Waals surface area (Å²) in [5.74, 6) is 0.692. The molecular formula is C19H24N2O2. The molecule has 0 bridgehead atoms. The fraction of sp³-hybridized carbons (Fsp3) is 0.316. The van der Waals surface area contributed by atoms with Crippen molar-refractivity contribution >= 4 is 5.91 Å². The summed E-state index contributed by atoms with van der Waals surface area (Å²) < 4.78 is 5.19. The van der Waals surface area contributed by atoms with Crippen molar-refractivity contribution in [3.8, 4) is 5.75 Å². The smallest absolute Gasteiger partial charge is 0.239 e. The molecule has 2 rings (SSSR count). The van der Waals surface area contributed by atoms with Gasteiger partial charge in [-0.05, 0) is 36.1 Å². The van der Waals surface area contributed by atoms with Crippen molar-refractivity contribution in [1.82, 2.24) is 5.32 Å². The topological polar surface area (TPSA) is 64.3 Å². The first-order valence-corrected chi connectivity index (χ1v) is 7.77. The van der Waals surface area contributed by atoms with Crippen molar-refractivity contribution in [2.75, 3.05) is 7.11 Å². The van der Waals surface area contributed by atoms with Gasteiger partial charge in [0, 0.05) is 6.04 Å². The number of primary amides is 1. The fourth-order valence-corrected chi connectivity index (χ4v) is 2.59. The molecule has 0 heterocycles. The van der Waals surface area contributed by atoms with Crippen molar-refractivity contribution in [1.29, 1.82) is 0 Å². The zero-order chi connectivity index (χ0) is 16.8. The molecule has 23 heavy (non-hydrogen) atoms. The van der Waals surface area contributed by atoms with E-state index in [4.69, 9.17) is 10.5 Å². The Morgan fingerprint density at radius 2 is 1.61 bits per heavy atom. The van der Waals surface area contributed by atoms with Gasteiger partial charge in [-0.1, -0.05) is 49.4 Å². The predicted molar refractivity (Wildman–Crippen MR) is 92.4 cm³/mol. The summed E-state index contributed by atoms with van der Waals surface area (Å²) in [7, 11) is 1.65. The molecular weight excluding hydrogens is 288 g/mol. The maximum atomic E-state index is 11.8. The molecule has 0 spiro atoms. The third-order valence-corrected chi connectivity index (χ3v) is 4.24. The molecule has 4 heteroatoms. The van der Waals surface area contributed by atoms with Crippen molar-refractivity contribution in [2.45, 2.75) is 31.8 Å². The average Bonchev–Trinajstić information content (AvgIpc) is 2.59. The number of methoxy groups -OCH3 is 1. The quantitative estimate of drug-likeness (QED) is 0.826. The molecule has 1 amide bonds. The summed E-state index contributed by atoms with van der Waals surface area (Å²) in [5.41, 5.74) is 7.64. The van der Waals surface area contributed by atoms with Crippen LogP contribution >= 0.6 is 0 Å². The maximum Gasteiger partial charge on any atom is 0.239 e. The largest absolute Gasteiger partial charge is 0.497 e. The Morgan fingerprint density at radius 1 is 1.00 bits per heavy atom. The van der Waals surface area contributed by atoms with E-state index in [0.29, 0.717) is 0 Å². The molecule has 122 valence electrons. The van der Waals surface area contributed by atoms with E-state index < -0.39 is 6.04 Å². The zero-order valence-electron chi connectivity index (χ0n) is 13.8. The van der Waals surface area contributed by atoms with E-state index in [-0.39, 0.29) is 17.9 Å². The van der Waals surface area contributed by atoms with E-state index in [1.807, 2.05) is 54.6 Å². The highest BCUT2D eigenvalue weighted by atomic mass is 16.5. The van der Waals surface area contributed by atoms with Gasteiger partial charge in [0.05, 0.1) is 7.11 Å². The second kappa shape index (κ2) is 7.79. The second-order valence-corrected chi connectivity index (χ2v) is 5.76. The highest BCUT2D eigenvalue weighted by molar-refractivity contribution is 5.81. The number of nitrogens with two attached hydrogens (primary N) is 1. The first-order chi connectivity index (χ1) is 11.0. The third kappa shape index (κ3) is 4.33. The van der Waals surface area contributed by atoms with Gasteiger partial charge in [-0.3, -0.25) is 10.1 Å². The molecule has 0 saturated heterocycles. The van der Waals surface area contributed by atoms with Gasteiger partial charge < -0.3 is 10.5 Å². The molecule has 0 saturated carbocycles. The van der Waals surface area contributed by atoms with Crippen LogP contribution in [-0.2, 0) is 4.79 Å². The Morgan fingerprint density at radius 3 is 2.13 bits per heavy atom. The molecule has 3 N–H and O–H groups in total. The highest BCUT2D eigenvalue weighted by Crippen LogP contribution is 2.24. The van der Waals surface area contributed by atoms with E-state index in [2.05, 4.69) is 19.2 Å². The lowest BCUT2D eigenvalue weighted by atomic mass is 9.93. The van der Waals surface area contributed by atoms with Gasteiger partial charge in [0.2, 0.25) is 5.91 Å². The van der Waals surface area contributed by atoms with Crippen LogP contribution in [0, 0.1) is 0 Å². The molecule has 3 atom stereocenters. The third-order valence-electron chi connectivity index (χ3n) is 4.24. The molecule has 0 unspecified atom stereocenters. The first-order valence-electron chi connectivity index (χ1n) is 7.77. The van der Waals surface area contributed by atoms with E-state index >= 15 is 0 Å². The number of benzene rings is 2. The number of amides is 1. The van der Waals surface area contributed by atoms with E-state index in [1.54, 1.807) is 7.11 Å². The molecule has 0 aliphatic carbocycles. The lowest BCUT2D eigenvalue weighted by Crippen LogP contribution is -2.40. The van der Waals surface area contributed by atoms with E-state index in [1.165, 1.54) is 5.56 Å². The zero-order valence-corrected chi connectivity index (χ0v) is 13.8. The van der Waals surface area contributed by atoms with Crippen molar-refractivity contribution in [3.05, 3.63) is 65.7 Å². The number of nitrogens with one attached hydrogen (secondary N) is 1. The second-order valence-electron chi connectivity index (χ2n) is 5.76. The first kappa shape index (κ1) is 17.0. The Hall–Kier alpha value is -2.33. The van der Waals surface area contributed by atoms with Crippen LogP contribution in [0.4, 0.5) is 0 Å². The van der Waals surface area contributed by atoms with Crippen LogP contribution in [0.2, 0.25) is 0 Å². The molecule has 4 nitrogen and oxygen atoms in total. The van der Waals surface area contributed by atoms with Crippen LogP contribution in [0.25, 0.3) is 0 Å². The summed E-state index contributed by atoms with van der Waals surface area (Å²) in [5, 5.41) is 3.35. The molecule has 2 aromatic carbocycles. The minimum atomic E-state index is -0.494. The highest BCUT2D eigenvalue weighted by Gasteiger charge is 2.23. The number of rotatable bonds is 7. The Bertz CT molecular complexity index is 626. The van der Waals surface area contributed by atoms with Crippen LogP contribution in [0.1, 0.15) is 36.9 Å². The molecule has 0 fully saturated rings. The van der Waals surface area contributed by atoms with Gasteiger partial charge in [0.15, 0.2) is 0 Å². The Kier molecular flexibility index (Phi) is 5.77. The van der Waals surface area contributed by atoms with Crippen LogP contribution in [0.5, 0.6) is 5.75 Å². The number of ether oxygens (including phenoxy) is 1. The van der Waals surface area contributed by atoms with Gasteiger partial charge in [0.25, 0.3) is 0 Å². The number of carbonyl (C=O) groups is 1. The molecule has 0 aliphatic rings. The standard InChI is InChI=1S/C19H24N2O2/c1-13(15-9-11-17(23-3)12-10-15)14(2)21-18(19(20)22)16-7-5-4-6-8-16/h4-14,18,21H,1-3H3,(H2,20,22)/t13-,14-,18-/m1/s1. The van der Waals surface area contributed by atoms with Gasteiger partial charge in [0.1, 0.15) is 11.8 Å². The summed E-state index contributed by atoms with van der Waals surface area (Å²) >= 11 is 0. The monoisotopic (exact) mass is 312 g/mol. The lowest BCUT2D eigenvalue weighted by Gasteiger charge is -2.26. The number of hydrogen-bond donors (Lipinski definition) is 2. The summed E-state index contributed by atoms with van der Waals surface area (Å²) in [6, 6.07) is 17.1. The molecule has 0 aliphatic heterocycles. The summed E-state index contributed by atoms with van der Waals surface area (Å²) in [6.07, 6.45) is 0. The van der Waals surface area contributed by atoms with Gasteiger partial charge in [-0.25, -0.2) is 0 Å². The Labute approximate surface area is 137 Å².